The molecule has 0 atom stereocenters. The first-order valence-corrected chi connectivity index (χ1v) is 6.73. The summed E-state index contributed by atoms with van der Waals surface area (Å²) in [4.78, 5) is 6.93. The van der Waals surface area contributed by atoms with E-state index in [1.165, 1.54) is 38.0 Å². The van der Waals surface area contributed by atoms with Crippen molar-refractivity contribution in [1.29, 1.82) is 0 Å². The summed E-state index contributed by atoms with van der Waals surface area (Å²) in [6.07, 6.45) is 6.00. The van der Waals surface area contributed by atoms with Crippen molar-refractivity contribution >= 4 is 0 Å². The zero-order chi connectivity index (χ0) is 12.5. The van der Waals surface area contributed by atoms with E-state index in [1.54, 1.807) is 0 Å². The van der Waals surface area contributed by atoms with Crippen molar-refractivity contribution in [2.75, 3.05) is 13.1 Å². The van der Waals surface area contributed by atoms with E-state index < -0.39 is 0 Å². The maximum Gasteiger partial charge on any atom is 0.105 e. The Kier molecular flexibility index (Phi) is 3.57. The molecule has 2 heterocycles. The van der Waals surface area contributed by atoms with Crippen LogP contribution in [0.1, 0.15) is 44.6 Å². The quantitative estimate of drug-likeness (QED) is 0.803. The van der Waals surface area contributed by atoms with Gasteiger partial charge in [-0.3, -0.25) is 4.90 Å². The van der Waals surface area contributed by atoms with E-state index in [2.05, 4.69) is 42.3 Å². The number of hydrogen-bond acceptors (Lipinski definition) is 2. The van der Waals surface area contributed by atoms with E-state index in [1.807, 2.05) is 6.20 Å². The van der Waals surface area contributed by atoms with Gasteiger partial charge >= 0.3 is 0 Å². The fraction of sp³-hybridized carbons (Fsp3) is 0.786. The minimum Gasteiger partial charge on any atom is -0.334 e. The molecule has 0 aromatic carbocycles. The lowest BCUT2D eigenvalue weighted by Gasteiger charge is -2.38. The molecule has 0 radical (unpaired) electrons. The molecule has 1 aliphatic rings. The van der Waals surface area contributed by atoms with Gasteiger partial charge in [-0.15, -0.1) is 0 Å². The second-order valence-corrected chi connectivity index (χ2v) is 5.80. The summed E-state index contributed by atoms with van der Waals surface area (Å²) in [5.41, 5.74) is 1.92. The van der Waals surface area contributed by atoms with Crippen LogP contribution in [0.15, 0.2) is 6.20 Å². The molecular formula is C14H25N3. The highest BCUT2D eigenvalue weighted by molar-refractivity contribution is 5.03. The van der Waals surface area contributed by atoms with Crippen molar-refractivity contribution in [1.82, 2.24) is 14.5 Å². The van der Waals surface area contributed by atoms with E-state index in [9.17, 15) is 0 Å². The first-order chi connectivity index (χ1) is 8.04. The lowest BCUT2D eigenvalue weighted by molar-refractivity contribution is 0.108. The average molecular weight is 235 g/mol. The van der Waals surface area contributed by atoms with Gasteiger partial charge in [0.1, 0.15) is 5.82 Å². The highest BCUT2D eigenvalue weighted by atomic mass is 15.2. The number of aryl methyl sites for hydroxylation is 1. The number of nitrogens with zero attached hydrogens (tertiary/aromatic N) is 3. The van der Waals surface area contributed by atoms with Crippen LogP contribution < -0.4 is 0 Å². The molecule has 1 aliphatic heterocycles. The van der Waals surface area contributed by atoms with Gasteiger partial charge in [-0.05, 0) is 38.3 Å². The van der Waals surface area contributed by atoms with E-state index >= 15 is 0 Å². The van der Waals surface area contributed by atoms with Crippen LogP contribution in [-0.4, -0.2) is 27.5 Å². The van der Waals surface area contributed by atoms with Crippen LogP contribution in [0, 0.1) is 12.3 Å². The van der Waals surface area contributed by atoms with E-state index in [0.717, 1.165) is 12.4 Å². The Morgan fingerprint density at radius 2 is 2.00 bits per heavy atom. The smallest absolute Gasteiger partial charge is 0.105 e. The molecule has 1 saturated heterocycles. The number of aromatic nitrogens is 2. The molecule has 1 fully saturated rings. The monoisotopic (exact) mass is 235 g/mol. The summed E-state index contributed by atoms with van der Waals surface area (Å²) >= 11 is 0. The van der Waals surface area contributed by atoms with E-state index in [0.29, 0.717) is 5.41 Å². The minimum atomic E-state index is 0.582. The van der Waals surface area contributed by atoms with Gasteiger partial charge < -0.3 is 4.57 Å². The van der Waals surface area contributed by atoms with Crippen molar-refractivity contribution in [3.63, 3.8) is 0 Å². The van der Waals surface area contributed by atoms with Crippen LogP contribution in [0.3, 0.4) is 0 Å². The topological polar surface area (TPSA) is 21.1 Å². The summed E-state index contributed by atoms with van der Waals surface area (Å²) in [6, 6.07) is 0. The van der Waals surface area contributed by atoms with Crippen molar-refractivity contribution < 1.29 is 0 Å². The first kappa shape index (κ1) is 12.6. The Labute approximate surface area is 105 Å². The number of rotatable bonds is 3. The van der Waals surface area contributed by atoms with Gasteiger partial charge in [0.15, 0.2) is 0 Å². The lowest BCUT2D eigenvalue weighted by Crippen LogP contribution is -2.38. The predicted molar refractivity (Wildman–Crippen MR) is 70.9 cm³/mol. The molecule has 0 bridgehead atoms. The van der Waals surface area contributed by atoms with Gasteiger partial charge in [0.05, 0.1) is 5.69 Å². The minimum absolute atomic E-state index is 0.582. The molecule has 0 aliphatic carbocycles. The van der Waals surface area contributed by atoms with Gasteiger partial charge in [-0.25, -0.2) is 4.98 Å². The van der Waals surface area contributed by atoms with E-state index in [-0.39, 0.29) is 0 Å². The molecular weight excluding hydrogens is 210 g/mol. The molecule has 1 aromatic rings. The van der Waals surface area contributed by atoms with Crippen molar-refractivity contribution in [3.8, 4) is 0 Å². The Bertz CT molecular complexity index is 373. The number of hydrogen-bond donors (Lipinski definition) is 0. The molecule has 3 nitrogen and oxygen atoms in total. The Hall–Kier alpha value is -0.830. The van der Waals surface area contributed by atoms with Gasteiger partial charge in [0.25, 0.3) is 0 Å². The molecule has 0 saturated carbocycles. The van der Waals surface area contributed by atoms with Crippen LogP contribution in [0.5, 0.6) is 0 Å². The first-order valence-electron chi connectivity index (χ1n) is 6.73. The molecule has 2 rings (SSSR count). The van der Waals surface area contributed by atoms with Crippen molar-refractivity contribution in [2.24, 2.45) is 12.5 Å². The molecule has 17 heavy (non-hydrogen) atoms. The second-order valence-electron chi connectivity index (χ2n) is 5.80. The normalized spacial score (nSPS) is 20.7. The van der Waals surface area contributed by atoms with Gasteiger partial charge in [-0.1, -0.05) is 20.3 Å². The van der Waals surface area contributed by atoms with Crippen LogP contribution in [0.2, 0.25) is 0 Å². The molecule has 0 amide bonds. The SMILES string of the molecule is CCC1(C)CCN(Cc2cnc(C)n2C)CC1. The highest BCUT2D eigenvalue weighted by Crippen LogP contribution is 2.34. The zero-order valence-corrected chi connectivity index (χ0v) is 11.7. The van der Waals surface area contributed by atoms with Crippen LogP contribution in [0.25, 0.3) is 0 Å². The maximum atomic E-state index is 4.36. The Morgan fingerprint density at radius 3 is 2.47 bits per heavy atom. The van der Waals surface area contributed by atoms with Gasteiger partial charge in [0, 0.05) is 19.8 Å². The Morgan fingerprint density at radius 1 is 1.35 bits per heavy atom. The third-order valence-corrected chi connectivity index (χ3v) is 4.62. The van der Waals surface area contributed by atoms with Crippen LogP contribution in [0.4, 0.5) is 0 Å². The van der Waals surface area contributed by atoms with Gasteiger partial charge in [0.2, 0.25) is 0 Å². The fourth-order valence-corrected chi connectivity index (χ4v) is 2.53. The summed E-state index contributed by atoms with van der Waals surface area (Å²) in [6.45, 7) is 10.3. The molecule has 3 heteroatoms. The molecule has 1 aromatic heterocycles. The fourth-order valence-electron chi connectivity index (χ4n) is 2.53. The molecule has 0 N–H and O–H groups in total. The Balaban J connectivity index is 1.92. The maximum absolute atomic E-state index is 4.36. The molecule has 0 spiro atoms. The number of likely N-dealkylation sites (tertiary alicyclic amines) is 1. The third kappa shape index (κ3) is 2.71. The largest absolute Gasteiger partial charge is 0.334 e. The summed E-state index contributed by atoms with van der Waals surface area (Å²) in [7, 11) is 2.11. The molecule has 0 unspecified atom stereocenters. The molecule has 96 valence electrons. The van der Waals surface area contributed by atoms with Crippen molar-refractivity contribution in [2.45, 2.75) is 46.6 Å². The lowest BCUT2D eigenvalue weighted by atomic mass is 9.78. The number of imidazole rings is 1. The zero-order valence-electron chi connectivity index (χ0n) is 11.7. The summed E-state index contributed by atoms with van der Waals surface area (Å²) in [5, 5.41) is 0. The van der Waals surface area contributed by atoms with E-state index in [4.69, 9.17) is 0 Å². The second kappa shape index (κ2) is 4.81. The van der Waals surface area contributed by atoms with Crippen molar-refractivity contribution in [3.05, 3.63) is 17.7 Å². The van der Waals surface area contributed by atoms with Crippen LogP contribution in [-0.2, 0) is 13.6 Å². The van der Waals surface area contributed by atoms with Gasteiger partial charge in [-0.2, -0.15) is 0 Å². The summed E-state index contributed by atoms with van der Waals surface area (Å²) in [5.74, 6) is 1.11. The predicted octanol–water partition coefficient (Wildman–Crippen LogP) is 2.74. The highest BCUT2D eigenvalue weighted by Gasteiger charge is 2.28. The summed E-state index contributed by atoms with van der Waals surface area (Å²) < 4.78 is 2.20. The third-order valence-electron chi connectivity index (χ3n) is 4.62. The number of piperidine rings is 1. The van der Waals surface area contributed by atoms with Crippen LogP contribution >= 0.6 is 0 Å². The standard InChI is InChI=1S/C14H25N3/c1-5-14(3)6-8-17(9-7-14)11-13-10-15-12(2)16(13)4/h10H,5-9,11H2,1-4H3. The average Bonchev–Trinajstić information content (AvgIpc) is 2.64.